The average molecular weight is 272 g/mol. The van der Waals surface area contributed by atoms with Crippen LogP contribution in [-0.2, 0) is 4.79 Å². The van der Waals surface area contributed by atoms with Gasteiger partial charge in [-0.2, -0.15) is 0 Å². The number of rotatable bonds is 4. The van der Waals surface area contributed by atoms with Gasteiger partial charge >= 0.3 is 5.97 Å². The van der Waals surface area contributed by atoms with Crippen molar-refractivity contribution in [2.75, 3.05) is 12.4 Å². The Morgan fingerprint density at radius 2 is 2.33 bits per heavy atom. The molecule has 2 N–H and O–H groups in total. The molecular formula is C10H10BrNO3. The van der Waals surface area contributed by atoms with Crippen LogP contribution in [0.15, 0.2) is 34.9 Å². The van der Waals surface area contributed by atoms with E-state index in [1.54, 1.807) is 19.2 Å². The molecule has 0 aromatic heterocycles. The molecule has 80 valence electrons. The Hall–Kier alpha value is -1.49. The van der Waals surface area contributed by atoms with Crippen molar-refractivity contribution in [3.05, 3.63) is 34.9 Å². The van der Waals surface area contributed by atoms with E-state index >= 15 is 0 Å². The van der Waals surface area contributed by atoms with Gasteiger partial charge in [-0.1, -0.05) is 15.9 Å². The van der Waals surface area contributed by atoms with E-state index in [4.69, 9.17) is 9.84 Å². The number of benzene rings is 1. The number of nitrogens with one attached hydrogen (secondary N) is 1. The molecule has 0 bridgehead atoms. The highest BCUT2D eigenvalue weighted by Crippen LogP contribution is 2.27. The lowest BCUT2D eigenvalue weighted by Gasteiger charge is -2.07. The predicted octanol–water partition coefficient (Wildman–Crippen LogP) is 2.47. The van der Waals surface area contributed by atoms with E-state index in [1.807, 2.05) is 6.07 Å². The molecule has 0 fully saturated rings. The molecular weight excluding hydrogens is 262 g/mol. The van der Waals surface area contributed by atoms with Gasteiger partial charge < -0.3 is 15.2 Å². The molecule has 4 nitrogen and oxygen atoms in total. The van der Waals surface area contributed by atoms with Crippen molar-refractivity contribution in [3.8, 4) is 5.75 Å². The lowest BCUT2D eigenvalue weighted by Crippen LogP contribution is -1.95. The van der Waals surface area contributed by atoms with E-state index in [0.717, 1.165) is 10.5 Å². The zero-order chi connectivity index (χ0) is 11.3. The SMILES string of the molecule is COc1ccc(Br)cc1N/C=C/C(=O)O. The molecule has 1 rings (SSSR count). The van der Waals surface area contributed by atoms with Crippen LogP contribution in [0, 0.1) is 0 Å². The van der Waals surface area contributed by atoms with Crippen molar-refractivity contribution < 1.29 is 14.6 Å². The third kappa shape index (κ3) is 3.63. The largest absolute Gasteiger partial charge is 0.495 e. The van der Waals surface area contributed by atoms with Crippen molar-refractivity contribution in [1.82, 2.24) is 0 Å². The first-order chi connectivity index (χ1) is 7.13. The number of aliphatic carboxylic acids is 1. The van der Waals surface area contributed by atoms with Crippen molar-refractivity contribution in [2.45, 2.75) is 0 Å². The molecule has 0 heterocycles. The highest BCUT2D eigenvalue weighted by atomic mass is 79.9. The lowest BCUT2D eigenvalue weighted by molar-refractivity contribution is -0.131. The molecule has 1 aromatic rings. The molecule has 0 aliphatic rings. The molecule has 1 aromatic carbocycles. The topological polar surface area (TPSA) is 58.6 Å². The van der Waals surface area contributed by atoms with Crippen molar-refractivity contribution in [1.29, 1.82) is 0 Å². The number of ether oxygens (including phenoxy) is 1. The molecule has 0 spiro atoms. The summed E-state index contributed by atoms with van der Waals surface area (Å²) in [6.07, 6.45) is 2.35. The van der Waals surface area contributed by atoms with Crippen LogP contribution in [0.5, 0.6) is 5.75 Å². The Bertz CT molecular complexity index is 390. The van der Waals surface area contributed by atoms with Gasteiger partial charge in [0.05, 0.1) is 12.8 Å². The van der Waals surface area contributed by atoms with Crippen molar-refractivity contribution in [3.63, 3.8) is 0 Å². The summed E-state index contributed by atoms with van der Waals surface area (Å²) in [5.41, 5.74) is 0.698. The van der Waals surface area contributed by atoms with Gasteiger partial charge in [-0.05, 0) is 18.2 Å². The van der Waals surface area contributed by atoms with Crippen LogP contribution >= 0.6 is 15.9 Å². The maximum absolute atomic E-state index is 10.2. The van der Waals surface area contributed by atoms with Crippen LogP contribution in [0.1, 0.15) is 0 Å². The fourth-order valence-electron chi connectivity index (χ4n) is 0.996. The van der Waals surface area contributed by atoms with E-state index < -0.39 is 5.97 Å². The lowest BCUT2D eigenvalue weighted by atomic mass is 10.3. The number of carboxylic acids is 1. The van der Waals surface area contributed by atoms with Gasteiger partial charge in [0.1, 0.15) is 5.75 Å². The Labute approximate surface area is 95.7 Å². The highest BCUT2D eigenvalue weighted by molar-refractivity contribution is 9.10. The second kappa shape index (κ2) is 5.41. The Kier molecular flexibility index (Phi) is 4.17. The molecule has 0 amide bonds. The highest BCUT2D eigenvalue weighted by Gasteiger charge is 2.01. The summed E-state index contributed by atoms with van der Waals surface area (Å²) in [5, 5.41) is 11.2. The van der Waals surface area contributed by atoms with E-state index in [0.29, 0.717) is 11.4 Å². The summed E-state index contributed by atoms with van der Waals surface area (Å²) in [6.45, 7) is 0. The van der Waals surface area contributed by atoms with Crippen LogP contribution in [0.4, 0.5) is 5.69 Å². The first kappa shape index (κ1) is 11.6. The fraction of sp³-hybridized carbons (Fsp3) is 0.100. The van der Waals surface area contributed by atoms with E-state index in [1.165, 1.54) is 6.20 Å². The average Bonchev–Trinajstić information content (AvgIpc) is 2.17. The minimum atomic E-state index is -1.00. The Balaban J connectivity index is 2.82. The van der Waals surface area contributed by atoms with Gasteiger partial charge in [0.25, 0.3) is 0 Å². The van der Waals surface area contributed by atoms with Gasteiger partial charge in [-0.15, -0.1) is 0 Å². The second-order valence-corrected chi connectivity index (χ2v) is 3.58. The first-order valence-corrected chi connectivity index (χ1v) is 4.92. The number of anilines is 1. The van der Waals surface area contributed by atoms with E-state index in [2.05, 4.69) is 21.2 Å². The normalized spacial score (nSPS) is 10.3. The minimum Gasteiger partial charge on any atom is -0.495 e. The molecule has 0 aliphatic heterocycles. The zero-order valence-corrected chi connectivity index (χ0v) is 9.61. The number of halogens is 1. The van der Waals surface area contributed by atoms with Gasteiger partial charge in [-0.25, -0.2) is 4.79 Å². The van der Waals surface area contributed by atoms with Crippen molar-refractivity contribution >= 4 is 27.6 Å². The maximum Gasteiger partial charge on any atom is 0.329 e. The first-order valence-electron chi connectivity index (χ1n) is 4.13. The summed E-state index contributed by atoms with van der Waals surface area (Å²) >= 11 is 3.31. The van der Waals surface area contributed by atoms with Crippen LogP contribution in [-0.4, -0.2) is 18.2 Å². The molecule has 0 atom stereocenters. The van der Waals surface area contributed by atoms with Crippen LogP contribution in [0.25, 0.3) is 0 Å². The van der Waals surface area contributed by atoms with Gasteiger partial charge in [0, 0.05) is 16.7 Å². The van der Waals surface area contributed by atoms with Gasteiger partial charge in [0.2, 0.25) is 0 Å². The summed E-state index contributed by atoms with van der Waals surface area (Å²) < 4.78 is 5.98. The Morgan fingerprint density at radius 3 is 2.93 bits per heavy atom. The quantitative estimate of drug-likeness (QED) is 0.827. The number of carbonyl (C=O) groups is 1. The number of hydrogen-bond acceptors (Lipinski definition) is 3. The summed E-state index contributed by atoms with van der Waals surface area (Å²) in [4.78, 5) is 10.2. The Morgan fingerprint density at radius 1 is 1.60 bits per heavy atom. The molecule has 5 heteroatoms. The van der Waals surface area contributed by atoms with Gasteiger partial charge in [-0.3, -0.25) is 0 Å². The maximum atomic E-state index is 10.2. The second-order valence-electron chi connectivity index (χ2n) is 2.66. The summed E-state index contributed by atoms with van der Waals surface area (Å²) in [7, 11) is 1.55. The van der Waals surface area contributed by atoms with Gasteiger partial charge in [0.15, 0.2) is 0 Å². The summed E-state index contributed by atoms with van der Waals surface area (Å²) in [5.74, 6) is -0.357. The van der Waals surface area contributed by atoms with Crippen molar-refractivity contribution in [2.24, 2.45) is 0 Å². The molecule has 0 saturated heterocycles. The fourth-order valence-corrected chi connectivity index (χ4v) is 1.36. The number of hydrogen-bond donors (Lipinski definition) is 2. The molecule has 15 heavy (non-hydrogen) atoms. The van der Waals surface area contributed by atoms with Crippen LogP contribution < -0.4 is 10.1 Å². The minimum absolute atomic E-state index is 0.647. The number of carboxylic acid groups (broad SMARTS) is 1. The molecule has 0 radical (unpaired) electrons. The standard InChI is InChI=1S/C10H10BrNO3/c1-15-9-3-2-7(11)6-8(9)12-5-4-10(13)14/h2-6,12H,1H3,(H,13,14)/b5-4+. The summed E-state index contributed by atoms with van der Waals surface area (Å²) in [6, 6.07) is 5.41. The van der Waals surface area contributed by atoms with E-state index in [9.17, 15) is 4.79 Å². The number of methoxy groups -OCH3 is 1. The zero-order valence-electron chi connectivity index (χ0n) is 8.03. The molecule has 0 unspecified atom stereocenters. The predicted molar refractivity (Wildman–Crippen MR) is 61.1 cm³/mol. The third-order valence-electron chi connectivity index (χ3n) is 1.63. The smallest absolute Gasteiger partial charge is 0.329 e. The monoisotopic (exact) mass is 271 g/mol. The van der Waals surface area contributed by atoms with Crippen LogP contribution in [0.2, 0.25) is 0 Å². The molecule has 0 saturated carbocycles. The molecule has 0 aliphatic carbocycles. The third-order valence-corrected chi connectivity index (χ3v) is 2.12. The van der Waals surface area contributed by atoms with E-state index in [-0.39, 0.29) is 0 Å². The van der Waals surface area contributed by atoms with Crippen LogP contribution in [0.3, 0.4) is 0 Å².